The summed E-state index contributed by atoms with van der Waals surface area (Å²) < 4.78 is 0. The van der Waals surface area contributed by atoms with Crippen LogP contribution in [0.15, 0.2) is 47.2 Å². The van der Waals surface area contributed by atoms with Gasteiger partial charge in [-0.2, -0.15) is 0 Å². The monoisotopic (exact) mass is 360 g/mol. The molecular formula is C18H20N2O2S2. The van der Waals surface area contributed by atoms with Crippen molar-refractivity contribution in [3.8, 4) is 0 Å². The van der Waals surface area contributed by atoms with E-state index in [2.05, 4.69) is 10.6 Å². The topological polar surface area (TPSA) is 58.2 Å². The van der Waals surface area contributed by atoms with E-state index in [1.165, 1.54) is 0 Å². The molecule has 0 aliphatic rings. The van der Waals surface area contributed by atoms with Crippen molar-refractivity contribution < 1.29 is 9.59 Å². The zero-order valence-corrected chi connectivity index (χ0v) is 14.9. The second-order valence-corrected chi connectivity index (χ2v) is 6.95. The van der Waals surface area contributed by atoms with Gasteiger partial charge in [0.15, 0.2) is 0 Å². The third-order valence-electron chi connectivity index (χ3n) is 3.09. The predicted molar refractivity (Wildman–Crippen MR) is 102 cm³/mol. The summed E-state index contributed by atoms with van der Waals surface area (Å²) in [5.74, 6) is -0.183. The molecule has 2 aromatic rings. The van der Waals surface area contributed by atoms with Crippen molar-refractivity contribution >= 4 is 46.6 Å². The fraction of sp³-hybridized carbons (Fsp3) is 0.222. The molecule has 2 N–H and O–H groups in total. The Morgan fingerprint density at radius 3 is 1.67 bits per heavy atom. The van der Waals surface area contributed by atoms with E-state index in [0.717, 1.165) is 22.6 Å². The maximum atomic E-state index is 11.6. The van der Waals surface area contributed by atoms with Gasteiger partial charge in [-0.1, -0.05) is 12.1 Å². The average molecular weight is 361 g/mol. The lowest BCUT2D eigenvalue weighted by molar-refractivity contribution is -0.117. The lowest BCUT2D eigenvalue weighted by Crippen LogP contribution is -2.25. The number of rotatable bonds is 9. The van der Waals surface area contributed by atoms with Gasteiger partial charge in [0.1, 0.15) is 0 Å². The number of carbonyl (C=O) groups is 2. The Balaban J connectivity index is 1.50. The second kappa shape index (κ2) is 10.6. The molecule has 0 bridgehead atoms. The second-order valence-electron chi connectivity index (χ2n) is 4.99. The molecule has 24 heavy (non-hydrogen) atoms. The van der Waals surface area contributed by atoms with E-state index in [9.17, 15) is 9.59 Å². The van der Waals surface area contributed by atoms with Crippen molar-refractivity contribution in [1.82, 2.24) is 10.6 Å². The van der Waals surface area contributed by atoms with E-state index in [1.807, 2.05) is 35.0 Å². The third-order valence-corrected chi connectivity index (χ3v) is 4.76. The summed E-state index contributed by atoms with van der Waals surface area (Å²) in [5.41, 5.74) is 0. The third kappa shape index (κ3) is 7.39. The highest BCUT2D eigenvalue weighted by molar-refractivity contribution is 7.11. The zero-order valence-electron chi connectivity index (χ0n) is 13.2. The normalized spacial score (nSPS) is 11.2. The van der Waals surface area contributed by atoms with E-state index < -0.39 is 0 Å². The first-order chi connectivity index (χ1) is 11.7. The molecular weight excluding hydrogens is 340 g/mol. The zero-order chi connectivity index (χ0) is 17.0. The van der Waals surface area contributed by atoms with Crippen LogP contribution in [0.3, 0.4) is 0 Å². The molecule has 0 radical (unpaired) electrons. The Kier molecular flexibility index (Phi) is 8.00. The molecule has 2 heterocycles. The minimum absolute atomic E-state index is 0.0914. The van der Waals surface area contributed by atoms with E-state index in [1.54, 1.807) is 47.0 Å². The molecule has 0 saturated carbocycles. The van der Waals surface area contributed by atoms with E-state index in [0.29, 0.717) is 13.1 Å². The van der Waals surface area contributed by atoms with Crippen molar-refractivity contribution in [2.45, 2.75) is 12.8 Å². The lowest BCUT2D eigenvalue weighted by Gasteiger charge is -2.03. The predicted octanol–water partition coefficient (Wildman–Crippen LogP) is 3.55. The molecule has 0 aromatic carbocycles. The van der Waals surface area contributed by atoms with Crippen LogP contribution in [0.1, 0.15) is 22.6 Å². The highest BCUT2D eigenvalue weighted by Gasteiger charge is 1.97. The molecule has 2 aromatic heterocycles. The molecule has 0 saturated heterocycles. The van der Waals surface area contributed by atoms with Crippen molar-refractivity contribution in [1.29, 1.82) is 0 Å². The fourth-order valence-corrected chi connectivity index (χ4v) is 3.11. The maximum absolute atomic E-state index is 11.6. The summed E-state index contributed by atoms with van der Waals surface area (Å²) in [6.07, 6.45) is 8.35. The standard InChI is InChI=1S/C18H20N2O2S2/c21-17(9-7-15-5-3-13-23-15)19-11-1-2-12-20-18(22)10-8-16-6-4-14-24-16/h3-10,13-14H,1-2,11-12H2,(H,19,21)(H,20,22)/b9-7-,10-8+. The van der Waals surface area contributed by atoms with Gasteiger partial charge in [-0.3, -0.25) is 9.59 Å². The van der Waals surface area contributed by atoms with Crippen molar-refractivity contribution in [2.75, 3.05) is 13.1 Å². The molecule has 0 unspecified atom stereocenters. The Morgan fingerprint density at radius 1 is 0.833 bits per heavy atom. The van der Waals surface area contributed by atoms with Crippen LogP contribution in [0.2, 0.25) is 0 Å². The van der Waals surface area contributed by atoms with Gasteiger partial charge >= 0.3 is 0 Å². The maximum Gasteiger partial charge on any atom is 0.244 e. The Morgan fingerprint density at radius 2 is 1.29 bits per heavy atom. The van der Waals surface area contributed by atoms with E-state index in [4.69, 9.17) is 0 Å². The molecule has 2 rings (SSSR count). The highest BCUT2D eigenvalue weighted by atomic mass is 32.1. The smallest absolute Gasteiger partial charge is 0.244 e. The van der Waals surface area contributed by atoms with Crippen molar-refractivity contribution in [3.63, 3.8) is 0 Å². The molecule has 2 amide bonds. The summed E-state index contributed by atoms with van der Waals surface area (Å²) in [4.78, 5) is 25.3. The van der Waals surface area contributed by atoms with Crippen LogP contribution in [-0.4, -0.2) is 24.9 Å². The Hall–Kier alpha value is -2.18. The number of thiophene rings is 2. The van der Waals surface area contributed by atoms with E-state index in [-0.39, 0.29) is 11.8 Å². The minimum Gasteiger partial charge on any atom is -0.353 e. The number of amides is 2. The molecule has 0 atom stereocenters. The summed E-state index contributed by atoms with van der Waals surface area (Å²) >= 11 is 3.19. The van der Waals surface area contributed by atoms with Gasteiger partial charge in [0.25, 0.3) is 0 Å². The Bertz CT molecular complexity index is 614. The van der Waals surface area contributed by atoms with Crippen LogP contribution in [-0.2, 0) is 9.59 Å². The SMILES string of the molecule is O=C(/C=C\c1cccs1)NCCCCNC(=O)/C=C/c1cccs1. The Labute approximate surface area is 149 Å². The largest absolute Gasteiger partial charge is 0.353 e. The minimum atomic E-state index is -0.0914. The number of hydrogen-bond acceptors (Lipinski definition) is 4. The number of unbranched alkanes of at least 4 members (excludes halogenated alkanes) is 1. The molecule has 4 nitrogen and oxygen atoms in total. The van der Waals surface area contributed by atoms with Crippen molar-refractivity contribution in [2.24, 2.45) is 0 Å². The first-order valence-corrected chi connectivity index (χ1v) is 9.49. The molecule has 6 heteroatoms. The summed E-state index contributed by atoms with van der Waals surface area (Å²) in [6.45, 7) is 1.21. The van der Waals surface area contributed by atoms with Crippen LogP contribution in [0.4, 0.5) is 0 Å². The van der Waals surface area contributed by atoms with Crippen LogP contribution in [0, 0.1) is 0 Å². The van der Waals surface area contributed by atoms with Crippen LogP contribution in [0.25, 0.3) is 12.2 Å². The van der Waals surface area contributed by atoms with Gasteiger partial charge in [-0.25, -0.2) is 0 Å². The summed E-state index contributed by atoms with van der Waals surface area (Å²) in [7, 11) is 0. The van der Waals surface area contributed by atoms with Crippen LogP contribution < -0.4 is 10.6 Å². The average Bonchev–Trinajstić information content (AvgIpc) is 3.27. The number of carbonyl (C=O) groups excluding carboxylic acids is 2. The van der Waals surface area contributed by atoms with Gasteiger partial charge in [0, 0.05) is 35.0 Å². The lowest BCUT2D eigenvalue weighted by atomic mass is 10.3. The molecule has 0 aliphatic heterocycles. The quantitative estimate of drug-likeness (QED) is 0.531. The van der Waals surface area contributed by atoms with Crippen LogP contribution in [0.5, 0.6) is 0 Å². The van der Waals surface area contributed by atoms with Gasteiger partial charge in [0.05, 0.1) is 0 Å². The first kappa shape index (κ1) is 18.2. The van der Waals surface area contributed by atoms with Gasteiger partial charge < -0.3 is 10.6 Å². The number of nitrogens with one attached hydrogen (secondary N) is 2. The highest BCUT2D eigenvalue weighted by Crippen LogP contribution is 2.10. The summed E-state index contributed by atoms with van der Waals surface area (Å²) in [6, 6.07) is 7.83. The summed E-state index contributed by atoms with van der Waals surface area (Å²) in [5, 5.41) is 9.61. The van der Waals surface area contributed by atoms with Gasteiger partial charge in [0.2, 0.25) is 11.8 Å². The molecule has 126 valence electrons. The fourth-order valence-electron chi connectivity index (χ4n) is 1.88. The molecule has 0 aliphatic carbocycles. The van der Waals surface area contributed by atoms with Crippen LogP contribution >= 0.6 is 22.7 Å². The molecule has 0 fully saturated rings. The van der Waals surface area contributed by atoms with E-state index >= 15 is 0 Å². The molecule has 0 spiro atoms. The van der Waals surface area contributed by atoms with Crippen molar-refractivity contribution in [3.05, 3.63) is 56.9 Å². The first-order valence-electron chi connectivity index (χ1n) is 7.73. The van der Waals surface area contributed by atoms with Gasteiger partial charge in [-0.15, -0.1) is 22.7 Å². The van der Waals surface area contributed by atoms with Gasteiger partial charge in [-0.05, 0) is 47.9 Å². The number of hydrogen-bond donors (Lipinski definition) is 2.